The van der Waals surface area contributed by atoms with E-state index in [9.17, 15) is 26.4 Å². The van der Waals surface area contributed by atoms with Gasteiger partial charge in [-0.1, -0.05) is 12.1 Å². The SMILES string of the molecule is O=C(ON1Cc2ccc(S(=O)(=O)Nc3nccs3)cc2C1)c1cccc(C(F)(F)F)c1. The van der Waals surface area contributed by atoms with Crippen molar-refractivity contribution in [1.29, 1.82) is 0 Å². The molecule has 0 amide bonds. The number of nitrogens with one attached hydrogen (secondary N) is 1. The summed E-state index contributed by atoms with van der Waals surface area (Å²) in [6.07, 6.45) is -3.10. The van der Waals surface area contributed by atoms with Gasteiger partial charge in [0.25, 0.3) is 10.0 Å². The lowest BCUT2D eigenvalue weighted by atomic mass is 10.1. The van der Waals surface area contributed by atoms with Gasteiger partial charge in [0.15, 0.2) is 5.13 Å². The number of halogens is 3. The van der Waals surface area contributed by atoms with E-state index < -0.39 is 27.7 Å². The Bertz CT molecular complexity index is 1230. The Morgan fingerprint density at radius 2 is 1.90 bits per heavy atom. The topological polar surface area (TPSA) is 88.6 Å². The van der Waals surface area contributed by atoms with Gasteiger partial charge >= 0.3 is 12.1 Å². The van der Waals surface area contributed by atoms with Crippen LogP contribution in [-0.2, 0) is 34.1 Å². The van der Waals surface area contributed by atoms with Crippen LogP contribution in [-0.4, -0.2) is 24.4 Å². The average molecular weight is 469 g/mol. The van der Waals surface area contributed by atoms with E-state index >= 15 is 0 Å². The number of anilines is 1. The number of hydroxylamine groups is 2. The second kappa shape index (κ2) is 7.94. The molecule has 162 valence electrons. The first-order valence-electron chi connectivity index (χ1n) is 8.80. The number of alkyl halides is 3. The van der Waals surface area contributed by atoms with E-state index in [1.807, 2.05) is 0 Å². The highest BCUT2D eigenvalue weighted by molar-refractivity contribution is 7.93. The van der Waals surface area contributed by atoms with Crippen molar-refractivity contribution < 1.29 is 31.2 Å². The van der Waals surface area contributed by atoms with Gasteiger partial charge in [-0.15, -0.1) is 16.4 Å². The molecule has 1 aromatic heterocycles. The van der Waals surface area contributed by atoms with Crippen LogP contribution in [0.1, 0.15) is 27.0 Å². The molecule has 0 bridgehead atoms. The van der Waals surface area contributed by atoms with E-state index in [1.54, 1.807) is 11.4 Å². The first kappa shape index (κ1) is 21.3. The molecular formula is C19H14F3N3O4S2. The van der Waals surface area contributed by atoms with Crippen LogP contribution in [0.5, 0.6) is 0 Å². The molecule has 31 heavy (non-hydrogen) atoms. The fourth-order valence-electron chi connectivity index (χ4n) is 3.01. The molecule has 1 N–H and O–H groups in total. The largest absolute Gasteiger partial charge is 0.416 e. The number of fused-ring (bicyclic) bond motifs is 1. The highest BCUT2D eigenvalue weighted by Crippen LogP contribution is 2.30. The van der Waals surface area contributed by atoms with Crippen LogP contribution in [0.3, 0.4) is 0 Å². The lowest BCUT2D eigenvalue weighted by Gasteiger charge is -2.15. The van der Waals surface area contributed by atoms with Crippen molar-refractivity contribution >= 4 is 32.5 Å². The number of nitrogens with zero attached hydrogens (tertiary/aromatic N) is 2. The number of hydrogen-bond acceptors (Lipinski definition) is 7. The van der Waals surface area contributed by atoms with Crippen LogP contribution < -0.4 is 4.72 Å². The molecule has 2 aromatic carbocycles. The first-order valence-corrected chi connectivity index (χ1v) is 11.2. The summed E-state index contributed by atoms with van der Waals surface area (Å²) in [6.45, 7) is 0.279. The first-order chi connectivity index (χ1) is 14.6. The predicted molar refractivity (Wildman–Crippen MR) is 105 cm³/mol. The van der Waals surface area contributed by atoms with E-state index in [0.717, 1.165) is 35.1 Å². The van der Waals surface area contributed by atoms with Crippen molar-refractivity contribution in [1.82, 2.24) is 10.0 Å². The summed E-state index contributed by atoms with van der Waals surface area (Å²) >= 11 is 1.14. The molecule has 12 heteroatoms. The molecule has 7 nitrogen and oxygen atoms in total. The van der Waals surface area contributed by atoms with Crippen molar-refractivity contribution in [3.63, 3.8) is 0 Å². The van der Waals surface area contributed by atoms with Crippen molar-refractivity contribution in [2.45, 2.75) is 24.2 Å². The quantitative estimate of drug-likeness (QED) is 0.607. The number of carbonyl (C=O) groups excluding carboxylic acids is 1. The molecule has 1 aliphatic rings. The summed E-state index contributed by atoms with van der Waals surface area (Å²) in [7, 11) is -3.84. The minimum absolute atomic E-state index is 0.0208. The summed E-state index contributed by atoms with van der Waals surface area (Å²) in [6, 6.07) is 8.44. The molecule has 0 spiro atoms. The van der Waals surface area contributed by atoms with Crippen LogP contribution in [0.2, 0.25) is 0 Å². The molecule has 0 atom stereocenters. The van der Waals surface area contributed by atoms with Gasteiger partial charge in [-0.3, -0.25) is 4.72 Å². The van der Waals surface area contributed by atoms with Crippen molar-refractivity contribution in [3.05, 3.63) is 76.3 Å². The van der Waals surface area contributed by atoms with Gasteiger partial charge in [0.05, 0.1) is 29.1 Å². The van der Waals surface area contributed by atoms with Gasteiger partial charge in [0.1, 0.15) is 0 Å². The van der Waals surface area contributed by atoms with Gasteiger partial charge in [-0.2, -0.15) is 13.2 Å². The Hall–Kier alpha value is -2.96. The smallest absolute Gasteiger partial charge is 0.363 e. The Kier molecular flexibility index (Phi) is 5.45. The molecule has 0 radical (unpaired) electrons. The summed E-state index contributed by atoms with van der Waals surface area (Å²) in [4.78, 5) is 21.4. The van der Waals surface area contributed by atoms with Crippen LogP contribution >= 0.6 is 11.3 Å². The van der Waals surface area contributed by atoms with Crippen molar-refractivity contribution in [3.8, 4) is 0 Å². The monoisotopic (exact) mass is 469 g/mol. The zero-order valence-corrected chi connectivity index (χ0v) is 17.2. The molecule has 0 fully saturated rings. The van der Waals surface area contributed by atoms with E-state index in [-0.39, 0.29) is 28.7 Å². The maximum absolute atomic E-state index is 12.8. The average Bonchev–Trinajstić information content (AvgIpc) is 3.35. The Balaban J connectivity index is 1.46. The summed E-state index contributed by atoms with van der Waals surface area (Å²) < 4.78 is 66.0. The molecule has 1 aliphatic heterocycles. The minimum atomic E-state index is -4.57. The zero-order valence-electron chi connectivity index (χ0n) is 15.6. The maximum atomic E-state index is 12.8. The summed E-state index contributed by atoms with van der Waals surface area (Å²) in [5.41, 5.74) is 0.180. The third-order valence-electron chi connectivity index (χ3n) is 4.47. The van der Waals surface area contributed by atoms with E-state index in [1.165, 1.54) is 29.5 Å². The lowest BCUT2D eigenvalue weighted by Crippen LogP contribution is -2.22. The Morgan fingerprint density at radius 1 is 1.13 bits per heavy atom. The molecule has 0 unspecified atom stereocenters. The second-order valence-corrected chi connectivity index (χ2v) is 9.21. The number of hydrogen-bond donors (Lipinski definition) is 1. The van der Waals surface area contributed by atoms with Gasteiger partial charge in [0, 0.05) is 11.6 Å². The second-order valence-electron chi connectivity index (χ2n) is 6.63. The summed E-state index contributed by atoms with van der Waals surface area (Å²) in [5.74, 6) is -0.933. The zero-order chi connectivity index (χ0) is 22.2. The molecule has 0 saturated heterocycles. The number of rotatable bonds is 5. The molecular weight excluding hydrogens is 455 g/mol. The Morgan fingerprint density at radius 3 is 2.61 bits per heavy atom. The van der Waals surface area contributed by atoms with Gasteiger partial charge in [0.2, 0.25) is 0 Å². The normalized spacial score (nSPS) is 14.3. The van der Waals surface area contributed by atoms with Gasteiger partial charge < -0.3 is 4.84 Å². The number of thiazole rings is 1. The number of aromatic nitrogens is 1. The van der Waals surface area contributed by atoms with E-state index in [0.29, 0.717) is 5.56 Å². The fraction of sp³-hybridized carbons (Fsp3) is 0.158. The van der Waals surface area contributed by atoms with Crippen molar-refractivity contribution in [2.75, 3.05) is 4.72 Å². The number of sulfonamides is 1. The standard InChI is InChI=1S/C19H14F3N3O4S2/c20-19(21,22)15-3-1-2-12(8-15)17(26)29-25-10-13-4-5-16(9-14(13)11-25)31(27,28)24-18-23-6-7-30-18/h1-9H,10-11H2,(H,23,24). The van der Waals surface area contributed by atoms with Crippen LogP contribution in [0.15, 0.2) is 58.9 Å². The predicted octanol–water partition coefficient (Wildman–Crippen LogP) is 4.05. The Labute approximate surface area is 179 Å². The van der Waals surface area contributed by atoms with Crippen LogP contribution in [0.25, 0.3) is 0 Å². The van der Waals surface area contributed by atoms with Crippen molar-refractivity contribution in [2.24, 2.45) is 0 Å². The fourth-order valence-corrected chi connectivity index (χ4v) is 4.85. The molecule has 4 rings (SSSR count). The van der Waals surface area contributed by atoms with Crippen LogP contribution in [0, 0.1) is 0 Å². The van der Waals surface area contributed by atoms with Gasteiger partial charge in [-0.25, -0.2) is 18.2 Å². The van der Waals surface area contributed by atoms with Crippen LogP contribution in [0.4, 0.5) is 18.3 Å². The molecule has 0 saturated carbocycles. The van der Waals surface area contributed by atoms with E-state index in [4.69, 9.17) is 4.84 Å². The minimum Gasteiger partial charge on any atom is -0.363 e. The van der Waals surface area contributed by atoms with E-state index in [2.05, 4.69) is 9.71 Å². The number of carbonyl (C=O) groups is 1. The maximum Gasteiger partial charge on any atom is 0.416 e. The van der Waals surface area contributed by atoms with Gasteiger partial charge in [-0.05, 0) is 41.5 Å². The highest BCUT2D eigenvalue weighted by Gasteiger charge is 2.32. The third-order valence-corrected chi connectivity index (χ3v) is 6.63. The summed E-state index contributed by atoms with van der Waals surface area (Å²) in [5, 5.41) is 3.13. The molecule has 2 heterocycles. The third kappa shape index (κ3) is 4.70. The number of benzene rings is 2. The highest BCUT2D eigenvalue weighted by atomic mass is 32.2. The molecule has 0 aliphatic carbocycles. The lowest BCUT2D eigenvalue weighted by molar-refractivity contribution is -0.137. The molecule has 3 aromatic rings.